The Labute approximate surface area is 131 Å². The molecule has 2 atom stereocenters. The summed E-state index contributed by atoms with van der Waals surface area (Å²) in [6, 6.07) is 4.14. The highest BCUT2D eigenvalue weighted by atomic mass is 35.5. The minimum absolute atomic E-state index is 0.217. The summed E-state index contributed by atoms with van der Waals surface area (Å²) in [6.45, 7) is 3.87. The molecule has 118 valence electrons. The summed E-state index contributed by atoms with van der Waals surface area (Å²) in [4.78, 5) is 0. The first-order chi connectivity index (χ1) is 10.1. The Bertz CT molecular complexity index is 467. The van der Waals surface area contributed by atoms with Crippen molar-refractivity contribution in [3.8, 4) is 5.75 Å². The van der Waals surface area contributed by atoms with E-state index in [1.807, 2.05) is 19.1 Å². The smallest absolute Gasteiger partial charge is 0.127 e. The van der Waals surface area contributed by atoms with Gasteiger partial charge in [-0.05, 0) is 50.4 Å². The predicted octanol–water partition coefficient (Wildman–Crippen LogP) is 2.85. The minimum atomic E-state index is -0.426. The summed E-state index contributed by atoms with van der Waals surface area (Å²) < 4.78 is 10.8. The quantitative estimate of drug-likeness (QED) is 0.848. The van der Waals surface area contributed by atoms with Crippen molar-refractivity contribution in [2.24, 2.45) is 0 Å². The fourth-order valence-electron chi connectivity index (χ4n) is 2.74. The van der Waals surface area contributed by atoms with E-state index in [-0.39, 0.29) is 6.04 Å². The lowest BCUT2D eigenvalue weighted by Crippen LogP contribution is -2.27. The number of halogens is 1. The van der Waals surface area contributed by atoms with Crippen LogP contribution in [0.25, 0.3) is 0 Å². The van der Waals surface area contributed by atoms with Gasteiger partial charge in [0.25, 0.3) is 0 Å². The maximum Gasteiger partial charge on any atom is 0.127 e. The van der Waals surface area contributed by atoms with E-state index in [2.05, 4.69) is 5.32 Å². The van der Waals surface area contributed by atoms with E-state index in [0.29, 0.717) is 13.0 Å². The zero-order valence-electron chi connectivity index (χ0n) is 12.7. The molecule has 1 aromatic rings. The van der Waals surface area contributed by atoms with Crippen LogP contribution in [0, 0.1) is 6.92 Å². The Morgan fingerprint density at radius 1 is 1.52 bits per heavy atom. The van der Waals surface area contributed by atoms with E-state index in [0.717, 1.165) is 47.9 Å². The summed E-state index contributed by atoms with van der Waals surface area (Å²) in [5, 5.41) is 14.0. The molecule has 1 aliphatic heterocycles. The van der Waals surface area contributed by atoms with Gasteiger partial charge in [-0.3, -0.25) is 0 Å². The number of rotatable bonds is 6. The standard InChI is InChI=1S/C16H24ClNO3/c1-11-8-12(17)9-14-15(4-3-7-21-16(11)14)18-6-5-13(19)10-20-2/h8-9,13,15,18-19H,3-7,10H2,1-2H3. The molecule has 0 aliphatic carbocycles. The van der Waals surface area contributed by atoms with Gasteiger partial charge in [0, 0.05) is 23.7 Å². The number of nitrogens with one attached hydrogen (secondary N) is 1. The molecule has 0 fully saturated rings. The molecule has 21 heavy (non-hydrogen) atoms. The SMILES string of the molecule is COCC(O)CCNC1CCCOc2c(C)cc(Cl)cc21. The van der Waals surface area contributed by atoms with Crippen LogP contribution in [0.3, 0.4) is 0 Å². The van der Waals surface area contributed by atoms with Crippen LogP contribution in [0.2, 0.25) is 5.02 Å². The van der Waals surface area contributed by atoms with Gasteiger partial charge in [0.2, 0.25) is 0 Å². The molecule has 0 bridgehead atoms. The Morgan fingerprint density at radius 2 is 2.33 bits per heavy atom. The van der Waals surface area contributed by atoms with Gasteiger partial charge in [-0.2, -0.15) is 0 Å². The van der Waals surface area contributed by atoms with E-state index >= 15 is 0 Å². The van der Waals surface area contributed by atoms with Crippen molar-refractivity contribution in [1.29, 1.82) is 0 Å². The largest absolute Gasteiger partial charge is 0.493 e. The number of aliphatic hydroxyl groups excluding tert-OH is 1. The van der Waals surface area contributed by atoms with Gasteiger partial charge in [0.05, 0.1) is 19.3 Å². The van der Waals surface area contributed by atoms with Crippen molar-refractivity contribution in [3.63, 3.8) is 0 Å². The van der Waals surface area contributed by atoms with Gasteiger partial charge in [0.15, 0.2) is 0 Å². The lowest BCUT2D eigenvalue weighted by Gasteiger charge is -2.20. The molecule has 0 spiro atoms. The van der Waals surface area contributed by atoms with Crippen molar-refractivity contribution in [2.75, 3.05) is 26.9 Å². The first kappa shape index (κ1) is 16.6. The molecular weight excluding hydrogens is 290 g/mol. The number of hydrogen-bond donors (Lipinski definition) is 2. The van der Waals surface area contributed by atoms with Crippen molar-refractivity contribution in [2.45, 2.75) is 38.3 Å². The lowest BCUT2D eigenvalue weighted by atomic mass is 9.99. The summed E-state index contributed by atoms with van der Waals surface area (Å²) in [5.41, 5.74) is 2.20. The summed E-state index contributed by atoms with van der Waals surface area (Å²) in [6.07, 6.45) is 2.25. The summed E-state index contributed by atoms with van der Waals surface area (Å²) >= 11 is 6.19. The van der Waals surface area contributed by atoms with E-state index in [9.17, 15) is 5.11 Å². The molecule has 2 rings (SSSR count). The van der Waals surface area contributed by atoms with Crippen LogP contribution < -0.4 is 10.1 Å². The third-order valence-electron chi connectivity index (χ3n) is 3.75. The van der Waals surface area contributed by atoms with Crippen LogP contribution in [0.4, 0.5) is 0 Å². The van der Waals surface area contributed by atoms with E-state index in [4.69, 9.17) is 21.1 Å². The number of aryl methyl sites for hydroxylation is 1. The number of aliphatic hydroxyl groups is 1. The fourth-order valence-corrected chi connectivity index (χ4v) is 3.02. The van der Waals surface area contributed by atoms with Gasteiger partial charge in [0.1, 0.15) is 5.75 Å². The summed E-state index contributed by atoms with van der Waals surface area (Å²) in [7, 11) is 1.60. The van der Waals surface area contributed by atoms with Gasteiger partial charge in [-0.15, -0.1) is 0 Å². The fraction of sp³-hybridized carbons (Fsp3) is 0.625. The number of benzene rings is 1. The molecule has 0 saturated carbocycles. The molecule has 0 aromatic heterocycles. The Kier molecular flexibility index (Phi) is 6.30. The Morgan fingerprint density at radius 3 is 3.10 bits per heavy atom. The second-order valence-electron chi connectivity index (χ2n) is 5.54. The Balaban J connectivity index is 2.04. The second-order valence-corrected chi connectivity index (χ2v) is 5.97. The number of hydrogen-bond acceptors (Lipinski definition) is 4. The molecule has 2 unspecified atom stereocenters. The first-order valence-electron chi connectivity index (χ1n) is 7.45. The molecule has 0 amide bonds. The minimum Gasteiger partial charge on any atom is -0.493 e. The highest BCUT2D eigenvalue weighted by Crippen LogP contribution is 2.36. The van der Waals surface area contributed by atoms with Crippen LogP contribution >= 0.6 is 11.6 Å². The third-order valence-corrected chi connectivity index (χ3v) is 3.97. The second kappa shape index (κ2) is 7.99. The lowest BCUT2D eigenvalue weighted by molar-refractivity contribution is 0.0589. The summed E-state index contributed by atoms with van der Waals surface area (Å²) in [5.74, 6) is 0.951. The van der Waals surface area contributed by atoms with Crippen molar-refractivity contribution in [3.05, 3.63) is 28.3 Å². The van der Waals surface area contributed by atoms with Crippen LogP contribution in [0.5, 0.6) is 5.75 Å². The Hall–Kier alpha value is -0.810. The maximum absolute atomic E-state index is 9.71. The number of methoxy groups -OCH3 is 1. The third kappa shape index (κ3) is 4.58. The molecule has 2 N–H and O–H groups in total. The average molecular weight is 314 g/mol. The van der Waals surface area contributed by atoms with E-state index in [1.165, 1.54) is 0 Å². The van der Waals surface area contributed by atoms with Crippen molar-refractivity contribution in [1.82, 2.24) is 5.32 Å². The van der Waals surface area contributed by atoms with Crippen molar-refractivity contribution < 1.29 is 14.6 Å². The molecule has 0 radical (unpaired) electrons. The molecular formula is C16H24ClNO3. The number of fused-ring (bicyclic) bond motifs is 1. The molecule has 1 heterocycles. The topological polar surface area (TPSA) is 50.7 Å². The van der Waals surface area contributed by atoms with Gasteiger partial charge >= 0.3 is 0 Å². The molecule has 1 aromatic carbocycles. The molecule has 0 saturated heterocycles. The van der Waals surface area contributed by atoms with Gasteiger partial charge < -0.3 is 19.9 Å². The predicted molar refractivity (Wildman–Crippen MR) is 84.2 cm³/mol. The molecule has 4 nitrogen and oxygen atoms in total. The van der Waals surface area contributed by atoms with Gasteiger partial charge in [-0.1, -0.05) is 11.6 Å². The maximum atomic E-state index is 9.71. The average Bonchev–Trinajstić information content (AvgIpc) is 2.62. The highest BCUT2D eigenvalue weighted by Gasteiger charge is 2.21. The zero-order chi connectivity index (χ0) is 15.2. The van der Waals surface area contributed by atoms with Crippen LogP contribution in [0.1, 0.15) is 36.4 Å². The zero-order valence-corrected chi connectivity index (χ0v) is 13.4. The van der Waals surface area contributed by atoms with Crippen LogP contribution in [-0.4, -0.2) is 38.1 Å². The van der Waals surface area contributed by atoms with Gasteiger partial charge in [-0.25, -0.2) is 0 Å². The normalized spacial score (nSPS) is 19.5. The highest BCUT2D eigenvalue weighted by molar-refractivity contribution is 6.30. The first-order valence-corrected chi connectivity index (χ1v) is 7.83. The van der Waals surface area contributed by atoms with Crippen molar-refractivity contribution >= 4 is 11.6 Å². The van der Waals surface area contributed by atoms with Crippen LogP contribution in [-0.2, 0) is 4.74 Å². The molecule has 5 heteroatoms. The number of ether oxygens (including phenoxy) is 2. The van der Waals surface area contributed by atoms with E-state index in [1.54, 1.807) is 7.11 Å². The van der Waals surface area contributed by atoms with Crippen LogP contribution in [0.15, 0.2) is 12.1 Å². The monoisotopic (exact) mass is 313 g/mol. The molecule has 1 aliphatic rings. The van der Waals surface area contributed by atoms with E-state index < -0.39 is 6.10 Å².